The first-order chi connectivity index (χ1) is 12.2. The molecular formula is C17H16BrCl2NO5. The second kappa shape index (κ2) is 8.41. The lowest BCUT2D eigenvalue weighted by Gasteiger charge is -2.25. The lowest BCUT2D eigenvalue weighted by Crippen LogP contribution is -2.33. The molecule has 1 atom stereocenters. The third kappa shape index (κ3) is 4.22. The maximum absolute atomic E-state index is 12.9. The lowest BCUT2D eigenvalue weighted by molar-refractivity contribution is -0.142. The van der Waals surface area contributed by atoms with Crippen LogP contribution in [-0.2, 0) is 29.5 Å². The molecule has 1 heterocycles. The fourth-order valence-electron chi connectivity index (χ4n) is 2.40. The van der Waals surface area contributed by atoms with E-state index in [1.807, 2.05) is 0 Å². The van der Waals surface area contributed by atoms with Gasteiger partial charge in [-0.3, -0.25) is 19.7 Å². The Bertz CT molecular complexity index is 795. The zero-order valence-corrected chi connectivity index (χ0v) is 17.1. The molecule has 26 heavy (non-hydrogen) atoms. The summed E-state index contributed by atoms with van der Waals surface area (Å²) in [4.78, 5) is 36.3. The van der Waals surface area contributed by atoms with Gasteiger partial charge in [0.1, 0.15) is 0 Å². The van der Waals surface area contributed by atoms with Gasteiger partial charge in [0.05, 0.1) is 10.0 Å². The summed E-state index contributed by atoms with van der Waals surface area (Å²) in [5, 5.41) is 3.51. The Balaban J connectivity index is 2.40. The summed E-state index contributed by atoms with van der Waals surface area (Å²) in [6.07, 6.45) is 0.793. The van der Waals surface area contributed by atoms with E-state index < -0.39 is 17.4 Å². The smallest absolute Gasteiger partial charge is 0.308 e. The second-order valence-electron chi connectivity index (χ2n) is 5.66. The Hall–Kier alpha value is -1.57. The number of nitrogens with one attached hydrogen (secondary N) is 1. The van der Waals surface area contributed by atoms with Gasteiger partial charge in [-0.25, -0.2) is 0 Å². The molecule has 0 aromatic heterocycles. The molecule has 0 spiro atoms. The highest BCUT2D eigenvalue weighted by molar-refractivity contribution is 9.09. The molecule has 1 unspecified atom stereocenters. The number of carbonyl (C=O) groups excluding carboxylic acids is 3. The van der Waals surface area contributed by atoms with E-state index in [2.05, 4.69) is 21.2 Å². The summed E-state index contributed by atoms with van der Waals surface area (Å²) in [6.45, 7) is 2.61. The first-order valence-corrected chi connectivity index (χ1v) is 9.55. The molecule has 1 aliphatic rings. The largest absolute Gasteiger partial charge is 0.456 e. The first-order valence-electron chi connectivity index (χ1n) is 7.67. The van der Waals surface area contributed by atoms with Crippen LogP contribution in [0.15, 0.2) is 29.8 Å². The van der Waals surface area contributed by atoms with Crippen LogP contribution in [0.25, 0.3) is 0 Å². The van der Waals surface area contributed by atoms with Crippen molar-refractivity contribution in [3.05, 3.63) is 45.5 Å². The zero-order chi connectivity index (χ0) is 19.5. The number of halogens is 3. The molecule has 1 aliphatic heterocycles. The second-order valence-corrected chi connectivity index (χ2v) is 7.24. The molecule has 0 saturated carbocycles. The van der Waals surface area contributed by atoms with Gasteiger partial charge in [0.15, 0.2) is 0 Å². The van der Waals surface area contributed by atoms with Crippen molar-refractivity contribution in [2.24, 2.45) is 0 Å². The summed E-state index contributed by atoms with van der Waals surface area (Å²) in [7, 11) is 0. The molecule has 1 amide bonds. The molecule has 0 fully saturated rings. The van der Waals surface area contributed by atoms with Gasteiger partial charge >= 0.3 is 5.97 Å². The number of esters is 1. The van der Waals surface area contributed by atoms with Gasteiger partial charge in [-0.05, 0) is 19.4 Å². The van der Waals surface area contributed by atoms with Crippen molar-refractivity contribution in [3.8, 4) is 0 Å². The number of hydrogen-bond acceptors (Lipinski definition) is 5. The van der Waals surface area contributed by atoms with Crippen molar-refractivity contribution in [1.82, 2.24) is 5.32 Å². The average molecular weight is 465 g/mol. The lowest BCUT2D eigenvalue weighted by atomic mass is 9.91. The first kappa shape index (κ1) is 20.7. The van der Waals surface area contributed by atoms with Gasteiger partial charge in [-0.1, -0.05) is 51.3 Å². The van der Waals surface area contributed by atoms with Crippen LogP contribution in [0.5, 0.6) is 0 Å². The number of rotatable bonds is 6. The minimum absolute atomic E-state index is 0.138. The van der Waals surface area contributed by atoms with Crippen LogP contribution in [-0.4, -0.2) is 23.0 Å². The van der Waals surface area contributed by atoms with Crippen LogP contribution >= 0.6 is 39.1 Å². The van der Waals surface area contributed by atoms with Gasteiger partial charge in [0.25, 0.3) is 5.78 Å². The Morgan fingerprint density at radius 1 is 1.35 bits per heavy atom. The van der Waals surface area contributed by atoms with E-state index in [-0.39, 0.29) is 34.0 Å². The summed E-state index contributed by atoms with van der Waals surface area (Å²) < 4.78 is 10.7. The van der Waals surface area contributed by atoms with E-state index >= 15 is 0 Å². The van der Waals surface area contributed by atoms with E-state index in [0.717, 1.165) is 6.92 Å². The summed E-state index contributed by atoms with van der Waals surface area (Å²) in [5.41, 5.74) is -1.30. The molecule has 140 valence electrons. The van der Waals surface area contributed by atoms with E-state index in [4.69, 9.17) is 32.7 Å². The zero-order valence-electron chi connectivity index (χ0n) is 14.0. The molecule has 1 N–H and O–H groups in total. The third-order valence-corrected chi connectivity index (χ3v) is 5.03. The number of benzene rings is 1. The summed E-state index contributed by atoms with van der Waals surface area (Å²) >= 11 is 15.5. The number of amides is 1. The Kier molecular flexibility index (Phi) is 6.71. The monoisotopic (exact) mass is 463 g/mol. The fourth-order valence-corrected chi connectivity index (χ4v) is 3.16. The van der Waals surface area contributed by atoms with Crippen LogP contribution in [0.3, 0.4) is 0 Å². The van der Waals surface area contributed by atoms with Crippen molar-refractivity contribution in [3.63, 3.8) is 0 Å². The number of carbonyl (C=O) groups is 3. The normalized spacial score (nSPS) is 19.3. The maximum atomic E-state index is 12.9. The maximum Gasteiger partial charge on any atom is 0.308 e. The van der Waals surface area contributed by atoms with Crippen molar-refractivity contribution >= 4 is 56.8 Å². The SMILES string of the molecule is CC(=O)OC1=C(NC(=O)CCCBr)OC(C)(c2cccc(Cl)c2Cl)C1=O. The summed E-state index contributed by atoms with van der Waals surface area (Å²) in [5.74, 6) is -2.33. The molecule has 0 aliphatic carbocycles. The molecule has 0 radical (unpaired) electrons. The van der Waals surface area contributed by atoms with Gasteiger partial charge < -0.3 is 9.47 Å². The van der Waals surface area contributed by atoms with Gasteiger partial charge in [-0.2, -0.15) is 0 Å². The van der Waals surface area contributed by atoms with Crippen molar-refractivity contribution in [2.75, 3.05) is 5.33 Å². The minimum Gasteiger partial charge on any atom is -0.456 e. The Labute approximate surface area is 168 Å². The van der Waals surface area contributed by atoms with Gasteiger partial charge in [-0.15, -0.1) is 0 Å². The number of hydrogen-bond donors (Lipinski definition) is 1. The van der Waals surface area contributed by atoms with Crippen molar-refractivity contribution in [2.45, 2.75) is 32.3 Å². The Morgan fingerprint density at radius 3 is 2.65 bits per heavy atom. The van der Waals surface area contributed by atoms with Crippen molar-refractivity contribution < 1.29 is 23.9 Å². The number of Topliss-reactive ketones (excluding diaryl/α,β-unsaturated/α-hetero) is 1. The number of alkyl halides is 1. The fraction of sp³-hybridized carbons (Fsp3) is 0.353. The standard InChI is InChI=1S/C17H16BrCl2NO5/c1-9(22)25-14-15(24)17(2,10-5-3-6-11(19)13(10)20)26-16(14)21-12(23)7-4-8-18/h3,5-6H,4,7-8H2,1-2H3,(H,21,23). The predicted octanol–water partition coefficient (Wildman–Crippen LogP) is 3.83. The molecule has 6 nitrogen and oxygen atoms in total. The molecule has 1 aromatic carbocycles. The van der Waals surface area contributed by atoms with Crippen LogP contribution in [0.1, 0.15) is 32.3 Å². The molecule has 1 aromatic rings. The predicted molar refractivity (Wildman–Crippen MR) is 99.9 cm³/mol. The highest BCUT2D eigenvalue weighted by Crippen LogP contribution is 2.43. The molecular weight excluding hydrogens is 449 g/mol. The van der Waals surface area contributed by atoms with Crippen molar-refractivity contribution in [1.29, 1.82) is 0 Å². The van der Waals surface area contributed by atoms with E-state index in [1.54, 1.807) is 18.2 Å². The van der Waals surface area contributed by atoms with Crippen LogP contribution < -0.4 is 5.32 Å². The molecule has 0 bridgehead atoms. The average Bonchev–Trinajstić information content (AvgIpc) is 2.80. The Morgan fingerprint density at radius 2 is 2.04 bits per heavy atom. The topological polar surface area (TPSA) is 81.7 Å². The highest BCUT2D eigenvalue weighted by atomic mass is 79.9. The van der Waals surface area contributed by atoms with E-state index in [9.17, 15) is 14.4 Å². The van der Waals surface area contributed by atoms with E-state index in [1.165, 1.54) is 6.92 Å². The van der Waals surface area contributed by atoms with Gasteiger partial charge in [0.2, 0.25) is 23.2 Å². The number of ketones is 1. The van der Waals surface area contributed by atoms with Crippen LogP contribution in [0.2, 0.25) is 10.0 Å². The quantitative estimate of drug-likeness (QED) is 0.511. The molecule has 2 rings (SSSR count). The third-order valence-electron chi connectivity index (χ3n) is 3.65. The van der Waals surface area contributed by atoms with E-state index in [0.29, 0.717) is 17.3 Å². The number of ether oxygens (including phenoxy) is 2. The molecule has 0 saturated heterocycles. The summed E-state index contributed by atoms with van der Waals surface area (Å²) in [6, 6.07) is 4.76. The minimum atomic E-state index is -1.59. The van der Waals surface area contributed by atoms with Crippen LogP contribution in [0.4, 0.5) is 0 Å². The highest BCUT2D eigenvalue weighted by Gasteiger charge is 2.51. The van der Waals surface area contributed by atoms with Gasteiger partial charge in [0, 0.05) is 24.2 Å². The molecule has 9 heteroatoms. The van der Waals surface area contributed by atoms with Crippen LogP contribution in [0, 0.1) is 0 Å².